The lowest BCUT2D eigenvalue weighted by atomic mass is 9.78. The zero-order chi connectivity index (χ0) is 12.4. The molecule has 0 aromatic heterocycles. The van der Waals surface area contributed by atoms with Crippen LogP contribution in [0.4, 0.5) is 0 Å². The average molecular weight is 243 g/mol. The van der Waals surface area contributed by atoms with Gasteiger partial charge in [-0.3, -0.25) is 4.99 Å². The second-order valence-electron chi connectivity index (χ2n) is 5.35. The van der Waals surface area contributed by atoms with E-state index < -0.39 is 0 Å². The summed E-state index contributed by atoms with van der Waals surface area (Å²) in [4.78, 5) is 6.82. The predicted octanol–water partition coefficient (Wildman–Crippen LogP) is 2.13. The molecule has 0 bridgehead atoms. The topological polar surface area (TPSA) is 41.6 Å². The van der Waals surface area contributed by atoms with Crippen LogP contribution in [0, 0.1) is 0 Å². The molecule has 1 fully saturated rings. The highest BCUT2D eigenvalue weighted by Crippen LogP contribution is 2.34. The molecule has 0 saturated carbocycles. The molecule has 1 saturated heterocycles. The number of aliphatic imine (C=N–C) groups is 1. The minimum Gasteiger partial charge on any atom is -0.370 e. The second kappa shape index (κ2) is 5.01. The Balaban J connectivity index is 1.58. The molecule has 1 aromatic carbocycles. The molecule has 2 N–H and O–H groups in total. The SMILES string of the molecule is NC(=NCC1Cc2ccccc21)N1CCCCC1. The fourth-order valence-corrected chi connectivity index (χ4v) is 2.95. The van der Waals surface area contributed by atoms with E-state index >= 15 is 0 Å². The van der Waals surface area contributed by atoms with Crippen molar-refractivity contribution in [2.24, 2.45) is 10.7 Å². The van der Waals surface area contributed by atoms with E-state index in [-0.39, 0.29) is 0 Å². The van der Waals surface area contributed by atoms with E-state index in [2.05, 4.69) is 34.2 Å². The van der Waals surface area contributed by atoms with Crippen molar-refractivity contribution in [3.8, 4) is 0 Å². The van der Waals surface area contributed by atoms with E-state index in [1.165, 1.54) is 30.4 Å². The van der Waals surface area contributed by atoms with Gasteiger partial charge < -0.3 is 10.6 Å². The summed E-state index contributed by atoms with van der Waals surface area (Å²) in [5.74, 6) is 1.34. The fourth-order valence-electron chi connectivity index (χ4n) is 2.95. The third-order valence-corrected chi connectivity index (χ3v) is 4.11. The number of rotatable bonds is 2. The van der Waals surface area contributed by atoms with Crippen molar-refractivity contribution in [1.29, 1.82) is 0 Å². The van der Waals surface area contributed by atoms with Crippen LogP contribution >= 0.6 is 0 Å². The Morgan fingerprint density at radius 2 is 2.00 bits per heavy atom. The number of guanidine groups is 1. The molecule has 1 atom stereocenters. The van der Waals surface area contributed by atoms with E-state index in [9.17, 15) is 0 Å². The highest BCUT2D eigenvalue weighted by molar-refractivity contribution is 5.78. The first-order chi connectivity index (χ1) is 8.84. The number of piperidine rings is 1. The summed E-state index contributed by atoms with van der Waals surface area (Å²) in [6.07, 6.45) is 5.00. The van der Waals surface area contributed by atoms with E-state index in [0.29, 0.717) is 5.92 Å². The molecular weight excluding hydrogens is 222 g/mol. The maximum absolute atomic E-state index is 6.07. The fraction of sp³-hybridized carbons (Fsp3) is 0.533. The molecule has 1 aliphatic carbocycles. The van der Waals surface area contributed by atoms with E-state index in [1.807, 2.05) is 0 Å². The molecule has 3 rings (SSSR count). The Hall–Kier alpha value is -1.51. The molecule has 0 amide bonds. The first-order valence-electron chi connectivity index (χ1n) is 6.97. The first-order valence-corrected chi connectivity index (χ1v) is 6.97. The van der Waals surface area contributed by atoms with E-state index in [4.69, 9.17) is 5.73 Å². The van der Waals surface area contributed by atoms with Crippen LogP contribution in [-0.2, 0) is 6.42 Å². The van der Waals surface area contributed by atoms with Gasteiger partial charge in [0.05, 0.1) is 0 Å². The molecule has 1 aromatic rings. The second-order valence-corrected chi connectivity index (χ2v) is 5.35. The van der Waals surface area contributed by atoms with Crippen molar-refractivity contribution in [3.05, 3.63) is 35.4 Å². The third kappa shape index (κ3) is 2.22. The van der Waals surface area contributed by atoms with Gasteiger partial charge in [-0.25, -0.2) is 0 Å². The molecule has 3 nitrogen and oxygen atoms in total. The van der Waals surface area contributed by atoms with E-state index in [0.717, 1.165) is 32.0 Å². The lowest BCUT2D eigenvalue weighted by Crippen LogP contribution is -2.41. The number of nitrogens with two attached hydrogens (primary N) is 1. The van der Waals surface area contributed by atoms with Crippen LogP contribution in [0.5, 0.6) is 0 Å². The Morgan fingerprint density at radius 3 is 2.78 bits per heavy atom. The molecule has 96 valence electrons. The smallest absolute Gasteiger partial charge is 0.191 e. The zero-order valence-corrected chi connectivity index (χ0v) is 10.8. The predicted molar refractivity (Wildman–Crippen MR) is 74.8 cm³/mol. The van der Waals surface area contributed by atoms with Crippen LogP contribution in [0.3, 0.4) is 0 Å². The third-order valence-electron chi connectivity index (χ3n) is 4.11. The van der Waals surface area contributed by atoms with Crippen molar-refractivity contribution in [2.45, 2.75) is 31.6 Å². The molecule has 1 unspecified atom stereocenters. The highest BCUT2D eigenvalue weighted by Gasteiger charge is 2.25. The minimum atomic E-state index is 0.588. The Labute approximate surface area is 109 Å². The summed E-state index contributed by atoms with van der Waals surface area (Å²) in [5, 5.41) is 0. The van der Waals surface area contributed by atoms with E-state index in [1.54, 1.807) is 0 Å². The number of fused-ring (bicyclic) bond motifs is 1. The summed E-state index contributed by atoms with van der Waals surface area (Å²) >= 11 is 0. The lowest BCUT2D eigenvalue weighted by molar-refractivity contribution is 0.337. The van der Waals surface area contributed by atoms with Crippen molar-refractivity contribution >= 4 is 5.96 Å². The van der Waals surface area contributed by atoms with Crippen molar-refractivity contribution in [1.82, 2.24) is 4.90 Å². The number of likely N-dealkylation sites (tertiary alicyclic amines) is 1. The molecule has 3 heteroatoms. The maximum Gasteiger partial charge on any atom is 0.191 e. The monoisotopic (exact) mass is 243 g/mol. The molecule has 1 aliphatic heterocycles. The van der Waals surface area contributed by atoms with Gasteiger partial charge in [-0.1, -0.05) is 24.3 Å². The van der Waals surface area contributed by atoms with Crippen LogP contribution < -0.4 is 5.73 Å². The quantitative estimate of drug-likeness (QED) is 0.638. The minimum absolute atomic E-state index is 0.588. The van der Waals surface area contributed by atoms with Crippen LogP contribution in [0.2, 0.25) is 0 Å². The van der Waals surface area contributed by atoms with Gasteiger partial charge in [-0.15, -0.1) is 0 Å². The molecule has 18 heavy (non-hydrogen) atoms. The molecule has 0 spiro atoms. The maximum atomic E-state index is 6.07. The van der Waals surface area contributed by atoms with Crippen molar-refractivity contribution < 1.29 is 0 Å². The highest BCUT2D eigenvalue weighted by atomic mass is 15.2. The van der Waals surface area contributed by atoms with Crippen molar-refractivity contribution in [2.75, 3.05) is 19.6 Å². The normalized spacial score (nSPS) is 23.4. The van der Waals surface area contributed by atoms with Crippen LogP contribution in [0.25, 0.3) is 0 Å². The first kappa shape index (κ1) is 11.6. The Morgan fingerprint density at radius 1 is 1.22 bits per heavy atom. The van der Waals surface area contributed by atoms with Gasteiger partial charge in [0.2, 0.25) is 0 Å². The lowest BCUT2D eigenvalue weighted by Gasteiger charge is -2.30. The Kier molecular flexibility index (Phi) is 3.22. The summed E-state index contributed by atoms with van der Waals surface area (Å²) in [6, 6.07) is 8.66. The molecule has 1 heterocycles. The van der Waals surface area contributed by atoms with Gasteiger partial charge in [0, 0.05) is 25.6 Å². The van der Waals surface area contributed by atoms with Gasteiger partial charge >= 0.3 is 0 Å². The average Bonchev–Trinajstić information content (AvgIpc) is 2.40. The van der Waals surface area contributed by atoms with Gasteiger partial charge in [-0.2, -0.15) is 0 Å². The van der Waals surface area contributed by atoms with Gasteiger partial charge in [0.1, 0.15) is 0 Å². The number of hydrogen-bond acceptors (Lipinski definition) is 1. The largest absolute Gasteiger partial charge is 0.370 e. The number of hydrogen-bond donors (Lipinski definition) is 1. The molecule has 2 aliphatic rings. The summed E-state index contributed by atoms with van der Waals surface area (Å²) in [5.41, 5.74) is 9.02. The number of benzene rings is 1. The summed E-state index contributed by atoms with van der Waals surface area (Å²) in [7, 11) is 0. The zero-order valence-electron chi connectivity index (χ0n) is 10.8. The van der Waals surface area contributed by atoms with Gasteiger partial charge in [0.25, 0.3) is 0 Å². The van der Waals surface area contributed by atoms with Crippen LogP contribution in [0.1, 0.15) is 36.3 Å². The van der Waals surface area contributed by atoms with Crippen LogP contribution in [-0.4, -0.2) is 30.5 Å². The Bertz CT molecular complexity index is 447. The van der Waals surface area contributed by atoms with Crippen LogP contribution in [0.15, 0.2) is 29.3 Å². The summed E-state index contributed by atoms with van der Waals surface area (Å²) < 4.78 is 0. The van der Waals surface area contributed by atoms with Gasteiger partial charge in [0.15, 0.2) is 5.96 Å². The standard InChI is InChI=1S/C15H21N3/c16-15(18-8-4-1-5-9-18)17-11-13-10-12-6-2-3-7-14(12)13/h2-3,6-7,13H,1,4-5,8-11H2,(H2,16,17). The molecule has 0 radical (unpaired) electrons. The van der Waals surface area contributed by atoms with Gasteiger partial charge in [-0.05, 0) is 36.8 Å². The molecular formula is C15H21N3. The summed E-state index contributed by atoms with van der Waals surface area (Å²) in [6.45, 7) is 3.01. The van der Waals surface area contributed by atoms with Crippen molar-refractivity contribution in [3.63, 3.8) is 0 Å². The number of nitrogens with zero attached hydrogens (tertiary/aromatic N) is 2.